The normalized spacial score (nSPS) is 10.9. The molecule has 4 rings (SSSR count). The Morgan fingerprint density at radius 1 is 1.17 bits per heavy atom. The molecular weight excluding hydrogens is 387 g/mol. The van der Waals surface area contributed by atoms with Crippen molar-refractivity contribution in [2.75, 3.05) is 19.8 Å². The fourth-order valence-corrected chi connectivity index (χ4v) is 3.05. The molecular formula is C21H19FN6O2. The number of benzene rings is 2. The van der Waals surface area contributed by atoms with Crippen LogP contribution in [0, 0.1) is 5.82 Å². The molecule has 152 valence electrons. The smallest absolute Gasteiger partial charge is 0.256 e. The summed E-state index contributed by atoms with van der Waals surface area (Å²) >= 11 is 0. The summed E-state index contributed by atoms with van der Waals surface area (Å²) in [7, 11) is 3.17. The molecule has 30 heavy (non-hydrogen) atoms. The number of aromatic amines is 1. The number of ether oxygens (including phenoxy) is 1. The lowest BCUT2D eigenvalue weighted by molar-refractivity contribution is 0.0823. The number of halogens is 1. The van der Waals surface area contributed by atoms with E-state index in [-0.39, 0.29) is 18.1 Å². The summed E-state index contributed by atoms with van der Waals surface area (Å²) in [5, 5.41) is 10.3. The lowest BCUT2D eigenvalue weighted by atomic mass is 10.0. The fraction of sp³-hybridized carbons (Fsp3) is 0.143. The van der Waals surface area contributed by atoms with Gasteiger partial charge in [0.25, 0.3) is 5.91 Å². The Kier molecular flexibility index (Phi) is 5.01. The van der Waals surface area contributed by atoms with Gasteiger partial charge in [-0.3, -0.25) is 4.79 Å². The van der Waals surface area contributed by atoms with Crippen molar-refractivity contribution in [3.63, 3.8) is 0 Å². The Bertz CT molecular complexity index is 1240. The second-order valence-corrected chi connectivity index (χ2v) is 6.94. The topological polar surface area (TPSA) is 110 Å². The van der Waals surface area contributed by atoms with Crippen LogP contribution in [0.25, 0.3) is 22.3 Å². The highest BCUT2D eigenvalue weighted by Gasteiger charge is 2.15. The SMILES string of the molecule is CN(C)C(=O)c1ccc(-c2cccc(COc3cc(N)nc4[nH]nnc34)c2)cc1F. The molecule has 0 bridgehead atoms. The predicted molar refractivity (Wildman–Crippen MR) is 110 cm³/mol. The van der Waals surface area contributed by atoms with Gasteiger partial charge in [0.1, 0.15) is 18.2 Å². The zero-order valence-electron chi connectivity index (χ0n) is 16.4. The Morgan fingerprint density at radius 2 is 1.97 bits per heavy atom. The maximum absolute atomic E-state index is 14.5. The Balaban J connectivity index is 1.56. The number of rotatable bonds is 5. The molecule has 3 N–H and O–H groups in total. The van der Waals surface area contributed by atoms with E-state index in [0.717, 1.165) is 11.1 Å². The highest BCUT2D eigenvalue weighted by Crippen LogP contribution is 2.26. The van der Waals surface area contributed by atoms with Crippen LogP contribution in [0.4, 0.5) is 10.2 Å². The lowest BCUT2D eigenvalue weighted by Crippen LogP contribution is -2.22. The molecule has 0 unspecified atom stereocenters. The number of aromatic nitrogens is 4. The van der Waals surface area contributed by atoms with E-state index in [1.54, 1.807) is 26.2 Å². The molecule has 2 heterocycles. The van der Waals surface area contributed by atoms with Crippen LogP contribution < -0.4 is 10.5 Å². The van der Waals surface area contributed by atoms with Crippen LogP contribution in [0.5, 0.6) is 5.75 Å². The molecule has 0 fully saturated rings. The number of nitrogens with zero attached hydrogens (tertiary/aromatic N) is 4. The van der Waals surface area contributed by atoms with Gasteiger partial charge in [0.15, 0.2) is 16.9 Å². The molecule has 9 heteroatoms. The van der Waals surface area contributed by atoms with Crippen molar-refractivity contribution in [3.05, 3.63) is 65.5 Å². The number of carbonyl (C=O) groups is 1. The van der Waals surface area contributed by atoms with Gasteiger partial charge in [0.2, 0.25) is 0 Å². The van der Waals surface area contributed by atoms with Gasteiger partial charge < -0.3 is 15.4 Å². The van der Waals surface area contributed by atoms with E-state index in [4.69, 9.17) is 10.5 Å². The largest absolute Gasteiger partial charge is 0.486 e. The van der Waals surface area contributed by atoms with Gasteiger partial charge in [-0.1, -0.05) is 29.5 Å². The van der Waals surface area contributed by atoms with Gasteiger partial charge in [-0.25, -0.2) is 14.5 Å². The first-order chi connectivity index (χ1) is 14.4. The number of carbonyl (C=O) groups excluding carboxylic acids is 1. The summed E-state index contributed by atoms with van der Waals surface area (Å²) in [5.74, 6) is -0.181. The maximum atomic E-state index is 14.5. The first kappa shape index (κ1) is 19.3. The Morgan fingerprint density at radius 3 is 2.73 bits per heavy atom. The predicted octanol–water partition coefficient (Wildman–Crippen LogP) is 3.02. The number of hydrogen-bond donors (Lipinski definition) is 2. The molecule has 8 nitrogen and oxygen atoms in total. The molecule has 2 aromatic carbocycles. The molecule has 0 aliphatic carbocycles. The Hall–Kier alpha value is -4.01. The molecule has 0 saturated heterocycles. The average Bonchev–Trinajstić information content (AvgIpc) is 3.20. The third-order valence-corrected chi connectivity index (χ3v) is 4.54. The van der Waals surface area contributed by atoms with Gasteiger partial charge in [-0.2, -0.15) is 0 Å². The highest BCUT2D eigenvalue weighted by molar-refractivity contribution is 5.94. The van der Waals surface area contributed by atoms with Gasteiger partial charge in [0.05, 0.1) is 5.56 Å². The summed E-state index contributed by atoms with van der Waals surface area (Å²) in [5.41, 5.74) is 9.10. The lowest BCUT2D eigenvalue weighted by Gasteiger charge is -2.12. The van der Waals surface area contributed by atoms with Crippen molar-refractivity contribution < 1.29 is 13.9 Å². The van der Waals surface area contributed by atoms with E-state index in [1.807, 2.05) is 24.3 Å². The molecule has 4 aromatic rings. The summed E-state index contributed by atoms with van der Waals surface area (Å²) in [6, 6.07) is 13.7. The number of hydrogen-bond acceptors (Lipinski definition) is 6. The first-order valence-electron chi connectivity index (χ1n) is 9.13. The number of anilines is 1. The van der Waals surface area contributed by atoms with Gasteiger partial charge in [-0.05, 0) is 34.9 Å². The zero-order valence-corrected chi connectivity index (χ0v) is 16.4. The van der Waals surface area contributed by atoms with Crippen molar-refractivity contribution in [3.8, 4) is 16.9 Å². The number of pyridine rings is 1. The van der Waals surface area contributed by atoms with Crippen LogP contribution >= 0.6 is 0 Å². The third kappa shape index (κ3) is 3.77. The van der Waals surface area contributed by atoms with E-state index in [9.17, 15) is 9.18 Å². The summed E-state index contributed by atoms with van der Waals surface area (Å²) in [6.07, 6.45) is 0. The number of nitrogen functional groups attached to an aromatic ring is 1. The molecule has 0 saturated carbocycles. The third-order valence-electron chi connectivity index (χ3n) is 4.54. The quantitative estimate of drug-likeness (QED) is 0.527. The molecule has 0 spiro atoms. The van der Waals surface area contributed by atoms with Crippen molar-refractivity contribution in [2.45, 2.75) is 6.61 Å². The van der Waals surface area contributed by atoms with Crippen LogP contribution in [0.2, 0.25) is 0 Å². The van der Waals surface area contributed by atoms with E-state index in [0.29, 0.717) is 28.3 Å². The monoisotopic (exact) mass is 406 g/mol. The fourth-order valence-electron chi connectivity index (χ4n) is 3.05. The summed E-state index contributed by atoms with van der Waals surface area (Å²) in [4.78, 5) is 17.5. The first-order valence-corrected chi connectivity index (χ1v) is 9.13. The maximum Gasteiger partial charge on any atom is 0.256 e. The molecule has 0 aliphatic rings. The second kappa shape index (κ2) is 7.78. The molecule has 0 aliphatic heterocycles. The van der Waals surface area contributed by atoms with E-state index >= 15 is 0 Å². The van der Waals surface area contributed by atoms with Crippen molar-refractivity contribution >= 4 is 22.9 Å². The average molecular weight is 406 g/mol. The van der Waals surface area contributed by atoms with Crippen molar-refractivity contribution in [2.24, 2.45) is 0 Å². The summed E-state index contributed by atoms with van der Waals surface area (Å²) < 4.78 is 20.3. The van der Waals surface area contributed by atoms with Gasteiger partial charge >= 0.3 is 0 Å². The van der Waals surface area contributed by atoms with Crippen LogP contribution in [0.3, 0.4) is 0 Å². The van der Waals surface area contributed by atoms with Gasteiger partial charge in [0, 0.05) is 20.2 Å². The number of fused-ring (bicyclic) bond motifs is 1. The van der Waals surface area contributed by atoms with E-state index in [2.05, 4.69) is 20.4 Å². The van der Waals surface area contributed by atoms with Crippen LogP contribution in [-0.2, 0) is 6.61 Å². The molecule has 2 aromatic heterocycles. The highest BCUT2D eigenvalue weighted by atomic mass is 19.1. The van der Waals surface area contributed by atoms with Crippen LogP contribution in [0.1, 0.15) is 15.9 Å². The number of amides is 1. The molecule has 1 amide bonds. The van der Waals surface area contributed by atoms with Crippen molar-refractivity contribution in [1.29, 1.82) is 0 Å². The minimum Gasteiger partial charge on any atom is -0.486 e. The number of nitrogens with one attached hydrogen (secondary N) is 1. The van der Waals surface area contributed by atoms with Crippen LogP contribution in [0.15, 0.2) is 48.5 Å². The minimum absolute atomic E-state index is 0.0372. The second-order valence-electron chi connectivity index (χ2n) is 6.94. The summed E-state index contributed by atoms with van der Waals surface area (Å²) in [6.45, 7) is 0.249. The van der Waals surface area contributed by atoms with Crippen molar-refractivity contribution in [1.82, 2.24) is 25.3 Å². The zero-order chi connectivity index (χ0) is 21.3. The van der Waals surface area contributed by atoms with Crippen LogP contribution in [-0.4, -0.2) is 45.3 Å². The number of nitrogens with two attached hydrogens (primary N) is 1. The number of H-pyrrole nitrogens is 1. The molecule has 0 radical (unpaired) electrons. The standard InChI is InChI=1S/C21H19FN6O2/c1-28(2)21(29)15-7-6-14(9-16(15)22)13-5-3-4-12(8-13)11-30-17-10-18(23)24-20-19(17)25-27-26-20/h3-10H,11H2,1-2H3,(H3,23,24,25,26,27). The van der Waals surface area contributed by atoms with Gasteiger partial charge in [-0.15, -0.1) is 5.10 Å². The minimum atomic E-state index is -0.562. The molecule has 0 atom stereocenters. The van der Waals surface area contributed by atoms with E-state index in [1.165, 1.54) is 17.0 Å². The van der Waals surface area contributed by atoms with E-state index < -0.39 is 5.82 Å². The Labute approximate surface area is 171 Å².